The molecule has 2 aliphatic heterocycles. The van der Waals surface area contributed by atoms with E-state index in [2.05, 4.69) is 67.7 Å². The van der Waals surface area contributed by atoms with Crippen molar-refractivity contribution in [1.82, 2.24) is 4.48 Å². The number of allylic oxidation sites excluding steroid dienone is 2. The van der Waals surface area contributed by atoms with Crippen LogP contribution in [0.3, 0.4) is 0 Å². The third-order valence-electron chi connectivity index (χ3n) is 12.8. The average Bonchev–Trinajstić information content (AvgIpc) is 3.79. The number of hydrogen-bond donors (Lipinski definition) is 1. The van der Waals surface area contributed by atoms with E-state index < -0.39 is 0 Å². The van der Waals surface area contributed by atoms with Gasteiger partial charge in [-0.1, -0.05) is 224 Å². The summed E-state index contributed by atoms with van der Waals surface area (Å²) in [4.78, 5) is 0. The van der Waals surface area contributed by atoms with E-state index in [1.165, 1.54) is 211 Å². The summed E-state index contributed by atoms with van der Waals surface area (Å²) in [5.41, 5.74) is 2.41. The highest BCUT2D eigenvalue weighted by atomic mass is 16.5. The number of anilines is 1. The molecule has 4 rings (SSSR count). The Kier molecular flexibility index (Phi) is 25.0. The normalized spacial score (nSPS) is 16.2. The lowest BCUT2D eigenvalue weighted by Gasteiger charge is -2.37. The van der Waals surface area contributed by atoms with Gasteiger partial charge < -0.3 is 14.8 Å². The van der Waals surface area contributed by atoms with Crippen LogP contribution in [-0.2, 0) is 0 Å². The van der Waals surface area contributed by atoms with Gasteiger partial charge in [-0.05, 0) is 50.0 Å². The molecule has 4 heteroatoms. The van der Waals surface area contributed by atoms with Gasteiger partial charge in [0.2, 0.25) is 0 Å². The maximum Gasteiger partial charge on any atom is 0.258 e. The van der Waals surface area contributed by atoms with Crippen LogP contribution in [0.4, 0.5) is 11.4 Å². The first kappa shape index (κ1) is 47.0. The second kappa shape index (κ2) is 30.3. The summed E-state index contributed by atoms with van der Waals surface area (Å²) >= 11 is 0. The number of para-hydroxylation sites is 4. The molecule has 0 saturated carbocycles. The van der Waals surface area contributed by atoms with Gasteiger partial charge in [-0.25, -0.2) is 4.48 Å². The van der Waals surface area contributed by atoms with E-state index in [0.717, 1.165) is 40.6 Å². The van der Waals surface area contributed by atoms with E-state index >= 15 is 0 Å². The molecule has 2 heterocycles. The molecule has 1 atom stereocenters. The first-order valence-corrected chi connectivity index (χ1v) is 24.8. The average molecular weight is 784 g/mol. The molecule has 0 spiro atoms. The molecule has 0 saturated heterocycles. The van der Waals surface area contributed by atoms with Crippen LogP contribution in [0.25, 0.3) is 0 Å². The van der Waals surface area contributed by atoms with Gasteiger partial charge in [0, 0.05) is 12.1 Å². The van der Waals surface area contributed by atoms with Crippen molar-refractivity contribution in [3.8, 4) is 11.5 Å². The Morgan fingerprint density at radius 3 is 1.30 bits per heavy atom. The standard InChI is InChI=1S/C53H87N2O2/c1-3-5-7-9-11-13-15-17-19-21-23-25-27-29-31-37-46-55(47-38-32-30-28-26-24-22-20-18-16-14-12-10-8-6-4-2)49-41-34-36-43-51(49)57-53(55)45-39-44-52-54-48-40-33-35-42-50(48)56-52/h33-36,39-45,53-54H,3-32,37-38,46-47H2,1-2H3/q+1. The van der Waals surface area contributed by atoms with Crippen molar-refractivity contribution in [3.05, 3.63) is 72.6 Å². The second-order valence-electron chi connectivity index (χ2n) is 17.7. The molecule has 1 unspecified atom stereocenters. The van der Waals surface area contributed by atoms with Gasteiger partial charge >= 0.3 is 0 Å². The minimum atomic E-state index is -0.0179. The summed E-state index contributed by atoms with van der Waals surface area (Å²) in [7, 11) is 0. The third kappa shape index (κ3) is 18.4. The van der Waals surface area contributed by atoms with Gasteiger partial charge in [0.15, 0.2) is 23.1 Å². The van der Waals surface area contributed by atoms with Crippen molar-refractivity contribution in [2.45, 2.75) is 226 Å². The van der Waals surface area contributed by atoms with Crippen LogP contribution in [0.2, 0.25) is 0 Å². The summed E-state index contributed by atoms with van der Waals surface area (Å²) in [6.07, 6.45) is 51.4. The first-order valence-electron chi connectivity index (χ1n) is 24.8. The summed E-state index contributed by atoms with van der Waals surface area (Å²) in [5.74, 6) is 2.73. The molecule has 2 aliphatic rings. The minimum Gasteiger partial charge on any atom is -0.439 e. The number of unbranched alkanes of at least 4 members (excludes halogenated alkanes) is 30. The Labute approximate surface area is 352 Å². The number of quaternary nitrogens is 1. The van der Waals surface area contributed by atoms with Crippen LogP contribution in [0.15, 0.2) is 72.6 Å². The number of rotatable bonds is 36. The van der Waals surface area contributed by atoms with Crippen molar-refractivity contribution in [2.75, 3.05) is 18.4 Å². The summed E-state index contributed by atoms with van der Waals surface area (Å²) in [6.45, 7) is 6.89. The van der Waals surface area contributed by atoms with Crippen molar-refractivity contribution in [2.24, 2.45) is 0 Å². The van der Waals surface area contributed by atoms with Gasteiger partial charge in [0.05, 0.1) is 18.8 Å². The molecule has 0 radical (unpaired) electrons. The Balaban J connectivity index is 1.19. The number of fused-ring (bicyclic) bond motifs is 2. The minimum absolute atomic E-state index is 0.0179. The zero-order chi connectivity index (χ0) is 39.9. The van der Waals surface area contributed by atoms with Gasteiger partial charge in [-0.3, -0.25) is 0 Å². The zero-order valence-corrected chi connectivity index (χ0v) is 37.2. The monoisotopic (exact) mass is 784 g/mol. The molecular formula is C53H87N2O2+. The SMILES string of the molecule is CCCCCCCCCCCCCCCCCC[N+]1(CCCCCCCCCCCCCCCCCC)c2ccccc2OC1C=CC=C1Nc2ccccc2O1. The van der Waals surface area contributed by atoms with Crippen LogP contribution in [0, 0.1) is 0 Å². The van der Waals surface area contributed by atoms with Crippen LogP contribution in [0.5, 0.6) is 11.5 Å². The van der Waals surface area contributed by atoms with Gasteiger partial charge in [-0.15, -0.1) is 0 Å². The predicted molar refractivity (Wildman–Crippen MR) is 249 cm³/mol. The molecule has 2 aromatic rings. The number of nitrogens with zero attached hydrogens (tertiary/aromatic N) is 1. The Morgan fingerprint density at radius 1 is 0.474 bits per heavy atom. The third-order valence-corrected chi connectivity index (χ3v) is 12.8. The number of nitrogens with one attached hydrogen (secondary N) is 1. The first-order chi connectivity index (χ1) is 28.3. The molecule has 320 valence electrons. The molecule has 1 N–H and O–H groups in total. The van der Waals surface area contributed by atoms with Crippen LogP contribution in [-0.4, -0.2) is 19.3 Å². The van der Waals surface area contributed by atoms with Gasteiger partial charge in [0.25, 0.3) is 6.23 Å². The summed E-state index contributed by atoms with van der Waals surface area (Å²) in [6, 6.07) is 17.0. The van der Waals surface area contributed by atoms with Crippen molar-refractivity contribution >= 4 is 11.4 Å². The Hall–Kier alpha value is -2.72. The van der Waals surface area contributed by atoms with E-state index in [1.807, 2.05) is 18.2 Å². The highest BCUT2D eigenvalue weighted by molar-refractivity contribution is 5.64. The van der Waals surface area contributed by atoms with Crippen molar-refractivity contribution < 1.29 is 9.47 Å². The molecule has 4 nitrogen and oxygen atoms in total. The number of ether oxygens (including phenoxy) is 2. The van der Waals surface area contributed by atoms with Gasteiger partial charge in [-0.2, -0.15) is 0 Å². The van der Waals surface area contributed by atoms with E-state index in [1.54, 1.807) is 0 Å². The molecular weight excluding hydrogens is 697 g/mol. The molecule has 0 aliphatic carbocycles. The lowest BCUT2D eigenvalue weighted by Crippen LogP contribution is -2.56. The largest absolute Gasteiger partial charge is 0.439 e. The lowest BCUT2D eigenvalue weighted by molar-refractivity contribution is 0.101. The molecule has 0 fully saturated rings. The molecule has 0 amide bonds. The maximum absolute atomic E-state index is 6.80. The van der Waals surface area contributed by atoms with E-state index in [-0.39, 0.29) is 6.23 Å². The highest BCUT2D eigenvalue weighted by Gasteiger charge is 2.46. The van der Waals surface area contributed by atoms with E-state index in [0.29, 0.717) is 0 Å². The smallest absolute Gasteiger partial charge is 0.258 e. The molecule has 0 bridgehead atoms. The van der Waals surface area contributed by atoms with Crippen molar-refractivity contribution in [1.29, 1.82) is 0 Å². The van der Waals surface area contributed by atoms with Crippen LogP contribution < -0.4 is 19.3 Å². The number of benzene rings is 2. The fourth-order valence-corrected chi connectivity index (χ4v) is 9.24. The molecule has 57 heavy (non-hydrogen) atoms. The predicted octanol–water partition coefficient (Wildman–Crippen LogP) is 17.1. The number of hydrogen-bond acceptors (Lipinski definition) is 3. The highest BCUT2D eigenvalue weighted by Crippen LogP contribution is 2.44. The zero-order valence-electron chi connectivity index (χ0n) is 37.2. The van der Waals surface area contributed by atoms with Crippen LogP contribution >= 0.6 is 0 Å². The Morgan fingerprint density at radius 2 is 0.860 bits per heavy atom. The van der Waals surface area contributed by atoms with E-state index in [4.69, 9.17) is 9.47 Å². The van der Waals surface area contributed by atoms with Gasteiger partial charge in [0.1, 0.15) is 0 Å². The quantitative estimate of drug-likeness (QED) is 0.0551. The second-order valence-corrected chi connectivity index (χ2v) is 17.7. The van der Waals surface area contributed by atoms with Crippen LogP contribution in [0.1, 0.15) is 219 Å². The van der Waals surface area contributed by atoms with E-state index in [9.17, 15) is 0 Å². The lowest BCUT2D eigenvalue weighted by atomic mass is 10.0. The fraction of sp³-hybridized carbons (Fsp3) is 0.698. The Bertz CT molecular complexity index is 1290. The maximum atomic E-state index is 6.80. The topological polar surface area (TPSA) is 30.5 Å². The summed E-state index contributed by atoms with van der Waals surface area (Å²) < 4.78 is 13.8. The summed E-state index contributed by atoms with van der Waals surface area (Å²) in [5, 5.41) is 3.41. The molecule has 2 aromatic carbocycles. The van der Waals surface area contributed by atoms with Crippen molar-refractivity contribution in [3.63, 3.8) is 0 Å². The molecule has 0 aromatic heterocycles. The fourth-order valence-electron chi connectivity index (χ4n) is 9.24.